The second kappa shape index (κ2) is 27.1. The molecule has 2 N–H and O–H groups in total. The van der Waals surface area contributed by atoms with E-state index in [0.717, 1.165) is 32.1 Å². The van der Waals surface area contributed by atoms with E-state index in [1.807, 2.05) is 6.92 Å². The largest absolute Gasteiger partial charge is 0.480 e. The van der Waals surface area contributed by atoms with Crippen molar-refractivity contribution in [3.63, 3.8) is 0 Å². The Hall–Kier alpha value is -1.06. The van der Waals surface area contributed by atoms with E-state index in [1.54, 1.807) is 0 Å². The highest BCUT2D eigenvalue weighted by Crippen LogP contribution is 2.37. The summed E-state index contributed by atoms with van der Waals surface area (Å²) < 4.78 is 0. The zero-order chi connectivity index (χ0) is 29.0. The molecular formula is C35H68O4. The first kappa shape index (κ1) is 37.9. The van der Waals surface area contributed by atoms with Crippen molar-refractivity contribution in [2.75, 3.05) is 0 Å². The lowest BCUT2D eigenvalue weighted by atomic mass is 9.73. The Kier molecular flexibility index (Phi) is 26.4. The van der Waals surface area contributed by atoms with Gasteiger partial charge in [0.05, 0.1) is 0 Å². The van der Waals surface area contributed by atoms with Crippen LogP contribution in [0.1, 0.15) is 201 Å². The lowest BCUT2D eigenvalue weighted by Crippen LogP contribution is -2.41. The number of rotatable bonds is 31. The molecule has 0 aliphatic heterocycles. The van der Waals surface area contributed by atoms with E-state index in [4.69, 9.17) is 0 Å². The van der Waals surface area contributed by atoms with Gasteiger partial charge in [0.15, 0.2) is 5.41 Å². The number of unbranched alkanes of at least 4 members (excludes halogenated alkanes) is 21. The summed E-state index contributed by atoms with van der Waals surface area (Å²) in [7, 11) is 0. The number of carbonyl (C=O) groups is 2. The molecule has 0 saturated carbocycles. The molecule has 1 atom stereocenters. The highest BCUT2D eigenvalue weighted by atomic mass is 16.4. The molecule has 0 bridgehead atoms. The van der Waals surface area contributed by atoms with Crippen LogP contribution in [0, 0.1) is 11.3 Å². The average molecular weight is 553 g/mol. The summed E-state index contributed by atoms with van der Waals surface area (Å²) in [5.74, 6) is -2.07. The third-order valence-corrected chi connectivity index (χ3v) is 8.84. The van der Waals surface area contributed by atoms with E-state index in [-0.39, 0.29) is 12.3 Å². The van der Waals surface area contributed by atoms with Crippen molar-refractivity contribution >= 4 is 11.9 Å². The molecule has 232 valence electrons. The molecule has 0 fully saturated rings. The summed E-state index contributed by atoms with van der Waals surface area (Å²) in [5, 5.41) is 20.0. The first-order valence-corrected chi connectivity index (χ1v) is 17.4. The van der Waals surface area contributed by atoms with Crippen molar-refractivity contribution < 1.29 is 19.8 Å². The standard InChI is InChI=1S/C35H68O4/c1-4-7-10-12-14-16-18-19-21-23-25-27-29-32(28-26-24-22-20-17-15-13-11-8-5-2)31-35(33(36)37,34(38)39)30-9-6-3/h32H,4-31H2,1-3H3,(H,36,37)(H,38,39). The van der Waals surface area contributed by atoms with E-state index in [0.29, 0.717) is 12.8 Å². The van der Waals surface area contributed by atoms with E-state index >= 15 is 0 Å². The van der Waals surface area contributed by atoms with Crippen LogP contribution in [0.4, 0.5) is 0 Å². The summed E-state index contributed by atoms with van der Waals surface area (Å²) in [5.41, 5.74) is -1.61. The minimum absolute atomic E-state index is 0.200. The van der Waals surface area contributed by atoms with Crippen molar-refractivity contribution in [2.24, 2.45) is 11.3 Å². The van der Waals surface area contributed by atoms with Crippen LogP contribution >= 0.6 is 0 Å². The summed E-state index contributed by atoms with van der Waals surface area (Å²) in [6.45, 7) is 6.52. The Morgan fingerprint density at radius 3 is 1.03 bits per heavy atom. The maximum absolute atomic E-state index is 12.2. The molecule has 0 heterocycles. The summed E-state index contributed by atoms with van der Waals surface area (Å²) in [6.07, 6.45) is 32.6. The van der Waals surface area contributed by atoms with Crippen LogP contribution in [0.3, 0.4) is 0 Å². The molecular weight excluding hydrogens is 484 g/mol. The molecule has 0 aliphatic carbocycles. The molecule has 0 spiro atoms. The van der Waals surface area contributed by atoms with Gasteiger partial charge in [0.25, 0.3) is 0 Å². The maximum atomic E-state index is 12.2. The number of hydrogen-bond acceptors (Lipinski definition) is 2. The number of aliphatic carboxylic acids is 2. The lowest BCUT2D eigenvalue weighted by Gasteiger charge is -2.30. The third-order valence-electron chi connectivity index (χ3n) is 8.84. The fourth-order valence-electron chi connectivity index (χ4n) is 6.10. The summed E-state index contributed by atoms with van der Waals surface area (Å²) >= 11 is 0. The Morgan fingerprint density at radius 2 is 0.744 bits per heavy atom. The van der Waals surface area contributed by atoms with Gasteiger partial charge in [-0.15, -0.1) is 0 Å². The molecule has 0 aromatic carbocycles. The predicted octanol–water partition coefficient (Wildman–Crippen LogP) is 11.7. The molecule has 0 aromatic heterocycles. The van der Waals surface area contributed by atoms with Crippen molar-refractivity contribution in [1.29, 1.82) is 0 Å². The smallest absolute Gasteiger partial charge is 0.321 e. The van der Waals surface area contributed by atoms with Crippen LogP contribution in [-0.2, 0) is 9.59 Å². The van der Waals surface area contributed by atoms with E-state index in [9.17, 15) is 19.8 Å². The van der Waals surface area contributed by atoms with Crippen molar-refractivity contribution in [3.8, 4) is 0 Å². The van der Waals surface area contributed by atoms with Gasteiger partial charge in [0.2, 0.25) is 0 Å². The van der Waals surface area contributed by atoms with Crippen LogP contribution in [0.15, 0.2) is 0 Å². The topological polar surface area (TPSA) is 74.6 Å². The van der Waals surface area contributed by atoms with Gasteiger partial charge < -0.3 is 10.2 Å². The van der Waals surface area contributed by atoms with Gasteiger partial charge in [-0.25, -0.2) is 0 Å². The highest BCUT2D eigenvalue weighted by molar-refractivity contribution is 5.98. The molecule has 1 unspecified atom stereocenters. The van der Waals surface area contributed by atoms with Crippen molar-refractivity contribution in [1.82, 2.24) is 0 Å². The Labute approximate surface area is 243 Å². The van der Waals surface area contributed by atoms with Crippen LogP contribution in [0.25, 0.3) is 0 Å². The minimum atomic E-state index is -1.61. The first-order valence-electron chi connectivity index (χ1n) is 17.4. The SMILES string of the molecule is CCCCCCCCCCCCCCC(CCCCCCCCCCCC)CC(CCCC)(C(=O)O)C(=O)O. The van der Waals surface area contributed by atoms with Gasteiger partial charge in [-0.1, -0.05) is 188 Å². The van der Waals surface area contributed by atoms with Gasteiger partial charge in [0.1, 0.15) is 0 Å². The van der Waals surface area contributed by atoms with E-state index in [1.165, 1.54) is 128 Å². The van der Waals surface area contributed by atoms with Gasteiger partial charge >= 0.3 is 11.9 Å². The Balaban J connectivity index is 4.52. The average Bonchev–Trinajstić information content (AvgIpc) is 2.91. The van der Waals surface area contributed by atoms with Crippen LogP contribution in [-0.4, -0.2) is 22.2 Å². The zero-order valence-electron chi connectivity index (χ0n) is 26.6. The number of carboxylic acids is 2. The molecule has 4 nitrogen and oxygen atoms in total. The van der Waals surface area contributed by atoms with E-state index < -0.39 is 17.4 Å². The summed E-state index contributed by atoms with van der Waals surface area (Å²) in [4.78, 5) is 24.5. The van der Waals surface area contributed by atoms with Gasteiger partial charge in [-0.3, -0.25) is 9.59 Å². The molecule has 4 heteroatoms. The fourth-order valence-corrected chi connectivity index (χ4v) is 6.10. The first-order chi connectivity index (χ1) is 18.9. The predicted molar refractivity (Wildman–Crippen MR) is 167 cm³/mol. The lowest BCUT2D eigenvalue weighted by molar-refractivity contribution is -0.167. The van der Waals surface area contributed by atoms with Crippen molar-refractivity contribution in [2.45, 2.75) is 201 Å². The molecule has 0 aromatic rings. The quantitative estimate of drug-likeness (QED) is 0.0662. The number of carboxylic acid groups (broad SMARTS) is 2. The highest BCUT2D eigenvalue weighted by Gasteiger charge is 2.47. The fraction of sp³-hybridized carbons (Fsp3) is 0.943. The van der Waals surface area contributed by atoms with Crippen molar-refractivity contribution in [3.05, 3.63) is 0 Å². The minimum Gasteiger partial charge on any atom is -0.480 e. The van der Waals surface area contributed by atoms with E-state index in [2.05, 4.69) is 13.8 Å². The molecule has 0 aliphatic rings. The van der Waals surface area contributed by atoms with Gasteiger partial charge in [-0.2, -0.15) is 0 Å². The monoisotopic (exact) mass is 553 g/mol. The Morgan fingerprint density at radius 1 is 0.462 bits per heavy atom. The van der Waals surface area contributed by atoms with Gasteiger partial charge in [0, 0.05) is 0 Å². The number of hydrogen-bond donors (Lipinski definition) is 2. The molecule has 0 saturated heterocycles. The van der Waals surface area contributed by atoms with Gasteiger partial charge in [-0.05, 0) is 18.8 Å². The third kappa shape index (κ3) is 20.5. The van der Waals surface area contributed by atoms with Crippen LogP contribution in [0.5, 0.6) is 0 Å². The molecule has 0 amide bonds. The molecule has 0 radical (unpaired) electrons. The second-order valence-electron chi connectivity index (χ2n) is 12.5. The zero-order valence-corrected chi connectivity index (χ0v) is 26.6. The molecule has 39 heavy (non-hydrogen) atoms. The normalized spacial score (nSPS) is 12.6. The molecule has 0 rings (SSSR count). The summed E-state index contributed by atoms with van der Waals surface area (Å²) in [6, 6.07) is 0. The Bertz CT molecular complexity index is 545. The maximum Gasteiger partial charge on any atom is 0.321 e. The van der Waals surface area contributed by atoms with Crippen LogP contribution in [0.2, 0.25) is 0 Å². The van der Waals surface area contributed by atoms with Crippen LogP contribution < -0.4 is 0 Å². The second-order valence-corrected chi connectivity index (χ2v) is 12.5.